The molecule has 0 atom stereocenters. The van der Waals surface area contributed by atoms with Crippen LogP contribution < -0.4 is 10.1 Å². The molecule has 0 saturated heterocycles. The Morgan fingerprint density at radius 3 is 2.96 bits per heavy atom. The average molecular weight is 395 g/mol. The zero-order chi connectivity index (χ0) is 19.3. The fourth-order valence-electron chi connectivity index (χ4n) is 2.58. The molecule has 0 bridgehead atoms. The van der Waals surface area contributed by atoms with Crippen LogP contribution >= 0.6 is 11.8 Å². The summed E-state index contributed by atoms with van der Waals surface area (Å²) in [6.45, 7) is 0.429. The summed E-state index contributed by atoms with van der Waals surface area (Å²) < 4.78 is 12.2. The smallest absolute Gasteiger partial charge is 0.230 e. The molecule has 28 heavy (non-hydrogen) atoms. The highest BCUT2D eigenvalue weighted by Crippen LogP contribution is 2.21. The van der Waals surface area contributed by atoms with Crippen molar-refractivity contribution in [2.75, 3.05) is 12.9 Å². The van der Waals surface area contributed by atoms with Crippen LogP contribution in [0.3, 0.4) is 0 Å². The van der Waals surface area contributed by atoms with E-state index >= 15 is 0 Å². The largest absolute Gasteiger partial charge is 0.497 e. The van der Waals surface area contributed by atoms with Crippen molar-refractivity contribution in [3.63, 3.8) is 0 Å². The summed E-state index contributed by atoms with van der Waals surface area (Å²) >= 11 is 1.27. The summed E-state index contributed by atoms with van der Waals surface area (Å²) in [7, 11) is 1.61. The molecular formula is C19H17N5O3S. The third kappa shape index (κ3) is 3.99. The highest BCUT2D eigenvalue weighted by molar-refractivity contribution is 7.99. The van der Waals surface area contributed by atoms with E-state index in [2.05, 4.69) is 20.6 Å². The van der Waals surface area contributed by atoms with Crippen LogP contribution in [0.4, 0.5) is 0 Å². The first-order chi connectivity index (χ1) is 13.7. The molecule has 0 fully saturated rings. The minimum atomic E-state index is -0.105. The number of aromatic nitrogens is 4. The lowest BCUT2D eigenvalue weighted by atomic mass is 10.2. The number of fused-ring (bicyclic) bond motifs is 1. The van der Waals surface area contributed by atoms with Crippen molar-refractivity contribution in [2.45, 2.75) is 11.7 Å². The summed E-state index contributed by atoms with van der Waals surface area (Å²) in [5.74, 6) is 1.51. The van der Waals surface area contributed by atoms with Crippen molar-refractivity contribution in [3.8, 4) is 17.2 Å². The number of ether oxygens (including phenoxy) is 1. The fourth-order valence-corrected chi connectivity index (χ4v) is 3.30. The Bertz CT molecular complexity index is 1090. The predicted molar refractivity (Wildman–Crippen MR) is 104 cm³/mol. The van der Waals surface area contributed by atoms with Gasteiger partial charge in [-0.3, -0.25) is 4.79 Å². The minimum Gasteiger partial charge on any atom is -0.497 e. The van der Waals surface area contributed by atoms with Crippen molar-refractivity contribution in [3.05, 3.63) is 60.4 Å². The van der Waals surface area contributed by atoms with E-state index in [4.69, 9.17) is 9.15 Å². The predicted octanol–water partition coefficient (Wildman–Crippen LogP) is 2.80. The Morgan fingerprint density at radius 2 is 2.14 bits per heavy atom. The van der Waals surface area contributed by atoms with Crippen LogP contribution in [0.5, 0.6) is 5.75 Å². The summed E-state index contributed by atoms with van der Waals surface area (Å²) in [5, 5.41) is 16.1. The van der Waals surface area contributed by atoms with Crippen LogP contribution in [0.25, 0.3) is 17.1 Å². The average Bonchev–Trinajstić information content (AvgIpc) is 3.40. The van der Waals surface area contributed by atoms with E-state index in [-0.39, 0.29) is 11.7 Å². The van der Waals surface area contributed by atoms with Gasteiger partial charge in [-0.25, -0.2) is 0 Å². The molecule has 3 heterocycles. The second-order valence-corrected chi connectivity index (χ2v) is 6.81. The Balaban J connectivity index is 1.39. The van der Waals surface area contributed by atoms with Gasteiger partial charge in [-0.05, 0) is 42.0 Å². The van der Waals surface area contributed by atoms with Crippen LogP contribution in [0.15, 0.2) is 64.4 Å². The zero-order valence-electron chi connectivity index (χ0n) is 15.0. The van der Waals surface area contributed by atoms with Crippen LogP contribution in [-0.4, -0.2) is 38.6 Å². The van der Waals surface area contributed by atoms with Gasteiger partial charge in [-0.1, -0.05) is 23.9 Å². The highest BCUT2D eigenvalue weighted by atomic mass is 32.2. The molecule has 142 valence electrons. The summed E-state index contributed by atoms with van der Waals surface area (Å²) in [4.78, 5) is 12.2. The zero-order valence-corrected chi connectivity index (χ0v) is 15.8. The Kier molecular flexibility index (Phi) is 5.24. The lowest BCUT2D eigenvalue weighted by Gasteiger charge is -2.06. The van der Waals surface area contributed by atoms with Crippen LogP contribution in [0, 0.1) is 0 Å². The number of hydrogen-bond acceptors (Lipinski definition) is 7. The third-order valence-electron chi connectivity index (χ3n) is 3.96. The van der Waals surface area contributed by atoms with Crippen LogP contribution in [0.2, 0.25) is 0 Å². The normalized spacial score (nSPS) is 10.9. The number of furan rings is 1. The summed E-state index contributed by atoms with van der Waals surface area (Å²) in [5.41, 5.74) is 2.24. The molecule has 9 heteroatoms. The van der Waals surface area contributed by atoms with E-state index < -0.39 is 0 Å². The number of nitrogens with zero attached hydrogens (tertiary/aromatic N) is 4. The van der Waals surface area contributed by atoms with Gasteiger partial charge < -0.3 is 14.5 Å². The first-order valence-corrected chi connectivity index (χ1v) is 9.50. The maximum atomic E-state index is 12.2. The molecule has 3 aromatic heterocycles. The van der Waals surface area contributed by atoms with Gasteiger partial charge in [0.1, 0.15) is 11.4 Å². The van der Waals surface area contributed by atoms with E-state index in [1.54, 1.807) is 24.0 Å². The number of benzene rings is 1. The molecule has 0 aliphatic carbocycles. The lowest BCUT2D eigenvalue weighted by molar-refractivity contribution is -0.118. The maximum Gasteiger partial charge on any atom is 0.230 e. The van der Waals surface area contributed by atoms with Crippen molar-refractivity contribution in [1.82, 2.24) is 25.1 Å². The van der Waals surface area contributed by atoms with Crippen molar-refractivity contribution >= 4 is 23.3 Å². The minimum absolute atomic E-state index is 0.105. The quantitative estimate of drug-likeness (QED) is 0.481. The standard InChI is InChI=1S/C19H17N5O3S/c1-26-14-5-2-4-13(10-14)11-20-18(25)12-28-19-22-21-17-8-7-15(23-24(17)19)16-6-3-9-27-16/h2-10H,11-12H2,1H3,(H,20,25). The molecule has 0 aliphatic heterocycles. The Hall–Kier alpha value is -3.33. The molecule has 0 saturated carbocycles. The van der Waals surface area contributed by atoms with Gasteiger partial charge in [0.25, 0.3) is 0 Å². The highest BCUT2D eigenvalue weighted by Gasteiger charge is 2.12. The molecule has 8 nitrogen and oxygen atoms in total. The summed E-state index contributed by atoms with van der Waals surface area (Å²) in [6.07, 6.45) is 1.59. The fraction of sp³-hybridized carbons (Fsp3) is 0.158. The monoisotopic (exact) mass is 395 g/mol. The lowest BCUT2D eigenvalue weighted by Crippen LogP contribution is -2.24. The molecule has 1 aromatic carbocycles. The topological polar surface area (TPSA) is 94.5 Å². The second kappa shape index (κ2) is 8.13. The van der Waals surface area contributed by atoms with E-state index in [1.807, 2.05) is 42.5 Å². The molecule has 0 radical (unpaired) electrons. The van der Waals surface area contributed by atoms with Gasteiger partial charge in [0.15, 0.2) is 11.4 Å². The van der Waals surface area contributed by atoms with Crippen LogP contribution in [-0.2, 0) is 11.3 Å². The molecule has 0 aliphatic rings. The van der Waals surface area contributed by atoms with Crippen molar-refractivity contribution < 1.29 is 13.9 Å². The van der Waals surface area contributed by atoms with E-state index in [0.29, 0.717) is 28.8 Å². The van der Waals surface area contributed by atoms with Crippen molar-refractivity contribution in [1.29, 1.82) is 0 Å². The Labute approximate surface area is 164 Å². The SMILES string of the molecule is COc1cccc(CNC(=O)CSc2nnc3ccc(-c4ccco4)nn23)c1. The molecule has 0 unspecified atom stereocenters. The van der Waals surface area contributed by atoms with Crippen LogP contribution in [0.1, 0.15) is 5.56 Å². The molecule has 4 aromatic rings. The number of hydrogen-bond donors (Lipinski definition) is 1. The van der Waals surface area contributed by atoms with E-state index in [0.717, 1.165) is 11.3 Å². The number of carbonyl (C=O) groups is 1. The number of methoxy groups -OCH3 is 1. The summed E-state index contributed by atoms with van der Waals surface area (Å²) in [6, 6.07) is 14.8. The van der Waals surface area contributed by atoms with Gasteiger partial charge in [-0.2, -0.15) is 9.61 Å². The number of amides is 1. The number of rotatable bonds is 7. The third-order valence-corrected chi connectivity index (χ3v) is 4.88. The van der Waals surface area contributed by atoms with Gasteiger partial charge in [0.05, 0.1) is 19.1 Å². The number of nitrogens with one attached hydrogen (secondary N) is 1. The first kappa shape index (κ1) is 18.1. The first-order valence-electron chi connectivity index (χ1n) is 8.52. The number of carbonyl (C=O) groups excluding carboxylic acids is 1. The van der Waals surface area contributed by atoms with E-state index in [9.17, 15) is 4.79 Å². The van der Waals surface area contributed by atoms with E-state index in [1.165, 1.54) is 11.8 Å². The molecule has 0 spiro atoms. The maximum absolute atomic E-state index is 12.2. The Morgan fingerprint density at radius 1 is 1.21 bits per heavy atom. The molecular weight excluding hydrogens is 378 g/mol. The molecule has 1 amide bonds. The second-order valence-electron chi connectivity index (χ2n) is 5.87. The van der Waals surface area contributed by atoms with Crippen molar-refractivity contribution in [2.24, 2.45) is 0 Å². The molecule has 1 N–H and O–H groups in total. The van der Waals surface area contributed by atoms with Gasteiger partial charge >= 0.3 is 0 Å². The van der Waals surface area contributed by atoms with Gasteiger partial charge in [0.2, 0.25) is 11.1 Å². The van der Waals surface area contributed by atoms with Gasteiger partial charge in [-0.15, -0.1) is 10.2 Å². The molecule has 4 rings (SSSR count). The van der Waals surface area contributed by atoms with Gasteiger partial charge in [0, 0.05) is 6.54 Å². The number of thioether (sulfide) groups is 1.